The Morgan fingerprint density at radius 3 is 2.03 bits per heavy atom. The number of nitrogens with one attached hydrogen (secondary N) is 4. The number of anilines is 2. The Morgan fingerprint density at radius 2 is 1.36 bits per heavy atom. The van der Waals surface area contributed by atoms with Gasteiger partial charge in [0.15, 0.2) is 5.78 Å². The van der Waals surface area contributed by atoms with Gasteiger partial charge in [0.05, 0.1) is 70.2 Å². The molecule has 0 atom stereocenters. The van der Waals surface area contributed by atoms with Crippen LogP contribution in [0.3, 0.4) is 0 Å². The number of ketones is 1. The average molecular weight is 1060 g/mol. The zero-order chi connectivity index (χ0) is 53.6. The molecule has 2 amide bonds. The third kappa shape index (κ3) is 14.4. The Labute approximate surface area is 441 Å². The van der Waals surface area contributed by atoms with E-state index >= 15 is 0 Å². The molecular weight excluding hydrogens is 1000 g/mol. The Bertz CT molecular complexity index is 3200. The number of carbonyl (C=O) groups is 3. The molecule has 3 heterocycles. The van der Waals surface area contributed by atoms with Crippen LogP contribution in [-0.4, -0.2) is 136 Å². The molecular formula is C57H59F3N6O9S. The van der Waals surface area contributed by atoms with Crippen LogP contribution in [0.2, 0.25) is 0 Å². The summed E-state index contributed by atoms with van der Waals surface area (Å²) in [6.45, 7) is 3.04. The Morgan fingerprint density at radius 1 is 0.724 bits per heavy atom. The molecule has 1 aliphatic heterocycles. The highest BCUT2D eigenvalue weighted by atomic mass is 32.1. The van der Waals surface area contributed by atoms with Gasteiger partial charge < -0.3 is 59.9 Å². The number of phenols is 2. The van der Waals surface area contributed by atoms with E-state index in [1.54, 1.807) is 97.1 Å². The van der Waals surface area contributed by atoms with Crippen molar-refractivity contribution in [2.75, 3.05) is 97.2 Å². The van der Waals surface area contributed by atoms with Crippen molar-refractivity contribution >= 4 is 61.3 Å². The fourth-order valence-electron chi connectivity index (χ4n) is 8.75. The first kappa shape index (κ1) is 54.7. The fraction of sp³-hybridized carbons (Fsp3) is 0.316. The maximum Gasteiger partial charge on any atom is 0.406 e. The van der Waals surface area contributed by atoms with Gasteiger partial charge in [-0.1, -0.05) is 24.1 Å². The number of fused-ring (bicyclic) bond motifs is 2. The summed E-state index contributed by atoms with van der Waals surface area (Å²) >= 11 is 1.37. The first-order valence-corrected chi connectivity index (χ1v) is 25.6. The van der Waals surface area contributed by atoms with E-state index in [2.05, 4.69) is 45.1 Å². The van der Waals surface area contributed by atoms with Crippen molar-refractivity contribution in [2.24, 2.45) is 0 Å². The highest BCUT2D eigenvalue weighted by molar-refractivity contribution is 7.22. The zero-order valence-corrected chi connectivity index (χ0v) is 42.9. The van der Waals surface area contributed by atoms with Gasteiger partial charge in [-0.25, -0.2) is 0 Å². The minimum absolute atomic E-state index is 0.0883. The van der Waals surface area contributed by atoms with E-state index < -0.39 is 12.7 Å². The van der Waals surface area contributed by atoms with E-state index in [0.717, 1.165) is 41.9 Å². The molecule has 0 radical (unpaired) electrons. The Kier molecular flexibility index (Phi) is 18.5. The smallest absolute Gasteiger partial charge is 0.406 e. The number of hydrogen-bond acceptors (Lipinski definition) is 13. The number of carbonyl (C=O) groups excluding carboxylic acids is 3. The van der Waals surface area contributed by atoms with Crippen molar-refractivity contribution in [1.82, 2.24) is 20.1 Å². The lowest BCUT2D eigenvalue weighted by Gasteiger charge is -2.30. The number of ether oxygens (including phenoxy) is 4. The summed E-state index contributed by atoms with van der Waals surface area (Å²) in [5, 5.41) is 33.6. The van der Waals surface area contributed by atoms with Crippen LogP contribution >= 0.6 is 11.3 Å². The number of phenolic OH excluding ortho intramolecular Hbond substituents is 2. The molecule has 19 heteroatoms. The van der Waals surface area contributed by atoms with Crippen LogP contribution in [-0.2, 0) is 20.8 Å². The third-order valence-corrected chi connectivity index (χ3v) is 13.9. The number of methoxy groups -OCH3 is 1. The predicted molar refractivity (Wildman–Crippen MR) is 288 cm³/mol. The SMILES string of the molecule is COc1cc(C(=O)NCCOCCOCCOCCNC(=O)c2ccc(C(=O)c3c(-c4ccc(O)cc4)sc4cc(O)ccc34)cc2)ccc1NCC#Cc1cc2c(NC3CCN(C)CC3)cccc2n1CC(F)(F)F. The minimum atomic E-state index is -4.44. The number of piperidine rings is 1. The number of alkyl halides is 3. The van der Waals surface area contributed by atoms with E-state index in [4.69, 9.17) is 18.9 Å². The predicted octanol–water partition coefficient (Wildman–Crippen LogP) is 8.92. The van der Waals surface area contributed by atoms with Gasteiger partial charge in [-0.15, -0.1) is 11.3 Å². The van der Waals surface area contributed by atoms with Crippen molar-refractivity contribution in [2.45, 2.75) is 31.6 Å². The Balaban J connectivity index is 0.699. The summed E-state index contributed by atoms with van der Waals surface area (Å²) in [6.07, 6.45) is -2.56. The standard InChI is InChI=1S/C57H59F3N6O9S/c1-65-25-20-41(21-26-65)64-47-6-3-7-49-46(47)34-42(66(49)36-57(58,59)60)5-4-22-61-48-19-14-40(33-50(48)72-2)56(71)63-24-28-74-30-32-75-31-29-73-27-23-62-55(70)39-10-8-37(9-11-39)53(69)52-45-18-17-44(68)35-51(45)76-54(52)38-12-15-43(67)16-13-38/h3,6-19,33-35,41,61,64,67-68H,20-32,36H2,1-2H3,(H,62,70)(H,63,71). The van der Waals surface area contributed by atoms with Crippen molar-refractivity contribution in [3.8, 4) is 39.5 Å². The molecule has 8 rings (SSSR count). The number of amides is 2. The number of nitrogens with zero attached hydrogens (tertiary/aromatic N) is 2. The quantitative estimate of drug-likeness (QED) is 0.0204. The van der Waals surface area contributed by atoms with Crippen LogP contribution in [0.1, 0.15) is 55.2 Å². The molecule has 0 aliphatic carbocycles. The monoisotopic (exact) mass is 1060 g/mol. The molecule has 2 aromatic heterocycles. The van der Waals surface area contributed by atoms with Crippen molar-refractivity contribution in [1.29, 1.82) is 0 Å². The number of rotatable bonds is 23. The van der Waals surface area contributed by atoms with Crippen molar-refractivity contribution in [3.63, 3.8) is 0 Å². The number of aromatic nitrogens is 1. The van der Waals surface area contributed by atoms with Crippen LogP contribution in [0.5, 0.6) is 17.2 Å². The second kappa shape index (κ2) is 25.8. The molecule has 0 spiro atoms. The largest absolute Gasteiger partial charge is 0.508 e. The molecule has 6 N–H and O–H groups in total. The maximum atomic E-state index is 13.9. The van der Waals surface area contributed by atoms with Gasteiger partial charge in [0.25, 0.3) is 11.8 Å². The van der Waals surface area contributed by atoms with Gasteiger partial charge in [-0.05, 0) is 135 Å². The second-order valence-corrected chi connectivity index (χ2v) is 19.1. The summed E-state index contributed by atoms with van der Waals surface area (Å²) in [5.74, 6) is 5.59. The van der Waals surface area contributed by atoms with Gasteiger partial charge >= 0.3 is 6.18 Å². The van der Waals surface area contributed by atoms with Crippen LogP contribution in [0.15, 0.2) is 109 Å². The number of aromatic hydroxyl groups is 2. The summed E-state index contributed by atoms with van der Waals surface area (Å²) in [4.78, 5) is 42.6. The molecule has 398 valence electrons. The van der Waals surface area contributed by atoms with Gasteiger partial charge in [0, 0.05) is 67.4 Å². The molecule has 7 aromatic rings. The van der Waals surface area contributed by atoms with E-state index in [9.17, 15) is 37.8 Å². The van der Waals surface area contributed by atoms with Gasteiger partial charge in [0.1, 0.15) is 23.8 Å². The molecule has 1 saturated heterocycles. The van der Waals surface area contributed by atoms with Crippen LogP contribution in [0.4, 0.5) is 24.5 Å². The topological polar surface area (TPSA) is 185 Å². The highest BCUT2D eigenvalue weighted by Crippen LogP contribution is 2.42. The molecule has 0 unspecified atom stereocenters. The van der Waals surface area contributed by atoms with E-state index in [1.807, 2.05) is 6.07 Å². The summed E-state index contributed by atoms with van der Waals surface area (Å²) in [7, 11) is 3.55. The molecule has 0 saturated carbocycles. The van der Waals surface area contributed by atoms with Crippen molar-refractivity contribution < 1.29 is 56.7 Å². The third-order valence-electron chi connectivity index (χ3n) is 12.7. The number of hydrogen-bond donors (Lipinski definition) is 6. The van der Waals surface area contributed by atoms with Crippen LogP contribution in [0.25, 0.3) is 31.4 Å². The van der Waals surface area contributed by atoms with Crippen molar-refractivity contribution in [3.05, 3.63) is 137 Å². The zero-order valence-electron chi connectivity index (χ0n) is 42.1. The number of halogens is 3. The number of likely N-dealkylation sites (tertiary alicyclic amines) is 1. The minimum Gasteiger partial charge on any atom is -0.508 e. The molecule has 0 bridgehead atoms. The second-order valence-electron chi connectivity index (χ2n) is 18.1. The van der Waals surface area contributed by atoms with Gasteiger partial charge in [-0.2, -0.15) is 13.2 Å². The molecule has 5 aromatic carbocycles. The summed E-state index contributed by atoms with van der Waals surface area (Å²) in [5.41, 5.74) is 4.40. The first-order chi connectivity index (χ1) is 36.7. The maximum absolute atomic E-state index is 13.9. The molecule has 1 aliphatic rings. The normalized spacial score (nSPS) is 13.1. The lowest BCUT2D eigenvalue weighted by Crippen LogP contribution is -2.36. The average Bonchev–Trinajstić information content (AvgIpc) is 4.02. The summed E-state index contributed by atoms with van der Waals surface area (Å²) < 4.78 is 65.5. The van der Waals surface area contributed by atoms with E-state index in [-0.39, 0.29) is 73.7 Å². The van der Waals surface area contributed by atoms with Gasteiger partial charge in [0.2, 0.25) is 0 Å². The van der Waals surface area contributed by atoms with E-state index in [0.29, 0.717) is 81.3 Å². The molecule has 76 heavy (non-hydrogen) atoms. The Hall–Kier alpha value is -7.60. The number of thiophene rings is 1. The van der Waals surface area contributed by atoms with Crippen LogP contribution < -0.4 is 26.0 Å². The lowest BCUT2D eigenvalue weighted by molar-refractivity contribution is -0.140. The highest BCUT2D eigenvalue weighted by Gasteiger charge is 2.30. The first-order valence-electron chi connectivity index (χ1n) is 24.8. The molecule has 15 nitrogen and oxygen atoms in total. The fourth-order valence-corrected chi connectivity index (χ4v) is 9.99. The summed E-state index contributed by atoms with van der Waals surface area (Å²) in [6, 6.07) is 30.0. The lowest BCUT2D eigenvalue weighted by atomic mass is 9.97. The van der Waals surface area contributed by atoms with Gasteiger partial charge in [-0.3, -0.25) is 14.4 Å². The van der Waals surface area contributed by atoms with Crippen LogP contribution in [0, 0.1) is 11.8 Å². The van der Waals surface area contributed by atoms with E-state index in [1.165, 1.54) is 29.1 Å². The molecule has 1 fully saturated rings. The number of benzene rings is 5.